The number of carbonyl (C=O) groups is 1. The molecular weight excluding hydrogens is 192 g/mol. The molecule has 1 heterocycles. The Balaban J connectivity index is 2.01. The van der Waals surface area contributed by atoms with Crippen molar-refractivity contribution in [3.05, 3.63) is 0 Å². The Labute approximate surface area is 80.5 Å². The molecule has 0 bridgehead atoms. The molecule has 1 aliphatic carbocycles. The maximum Gasteiger partial charge on any atom is 0.306 e. The first-order valence-electron chi connectivity index (χ1n) is 4.23. The monoisotopic (exact) mass is 204 g/mol. The Kier molecular flexibility index (Phi) is 2.29. The smallest absolute Gasteiger partial charge is 0.306 e. The van der Waals surface area contributed by atoms with Crippen LogP contribution in [0.15, 0.2) is 0 Å². The minimum Gasteiger partial charge on any atom is -0.481 e. The number of thioether (sulfide) groups is 2. The fourth-order valence-electron chi connectivity index (χ4n) is 1.94. The summed E-state index contributed by atoms with van der Waals surface area (Å²) in [6.45, 7) is 0. The summed E-state index contributed by atoms with van der Waals surface area (Å²) in [5.41, 5.74) is 0. The van der Waals surface area contributed by atoms with E-state index in [1.165, 1.54) is 11.5 Å². The lowest BCUT2D eigenvalue weighted by Gasteiger charge is -2.19. The van der Waals surface area contributed by atoms with Gasteiger partial charge >= 0.3 is 5.97 Å². The second-order valence-electron chi connectivity index (χ2n) is 3.39. The summed E-state index contributed by atoms with van der Waals surface area (Å²) in [5.74, 6) is 1.75. The number of carboxylic acid groups (broad SMARTS) is 1. The molecule has 1 atom stereocenters. The molecule has 2 nitrogen and oxygen atoms in total. The number of aliphatic carboxylic acids is 1. The van der Waals surface area contributed by atoms with Crippen molar-refractivity contribution in [2.24, 2.45) is 5.92 Å². The SMILES string of the molecule is O=C(O)C1CCC2(C1)SCCS2. The normalized spacial score (nSPS) is 32.8. The van der Waals surface area contributed by atoms with Gasteiger partial charge in [0.05, 0.1) is 10.00 Å². The zero-order chi connectivity index (χ0) is 8.60. The van der Waals surface area contributed by atoms with Crippen LogP contribution in [0.2, 0.25) is 0 Å². The van der Waals surface area contributed by atoms with Gasteiger partial charge in [0.25, 0.3) is 0 Å². The van der Waals surface area contributed by atoms with Crippen molar-refractivity contribution < 1.29 is 9.90 Å². The van der Waals surface area contributed by atoms with Crippen molar-refractivity contribution in [2.75, 3.05) is 11.5 Å². The van der Waals surface area contributed by atoms with Gasteiger partial charge < -0.3 is 5.11 Å². The van der Waals surface area contributed by atoms with Gasteiger partial charge in [-0.2, -0.15) is 0 Å². The molecule has 4 heteroatoms. The third-order valence-corrected chi connectivity index (χ3v) is 6.17. The number of hydrogen-bond donors (Lipinski definition) is 1. The summed E-state index contributed by atoms with van der Waals surface area (Å²) >= 11 is 3.95. The minimum atomic E-state index is -0.597. The molecule has 1 N–H and O–H groups in total. The maximum absolute atomic E-state index is 10.7. The van der Waals surface area contributed by atoms with E-state index in [1.54, 1.807) is 0 Å². The Morgan fingerprint density at radius 1 is 1.42 bits per heavy atom. The highest BCUT2D eigenvalue weighted by Crippen LogP contribution is 2.55. The van der Waals surface area contributed by atoms with Gasteiger partial charge in [-0.15, -0.1) is 23.5 Å². The van der Waals surface area contributed by atoms with Crippen molar-refractivity contribution in [2.45, 2.75) is 23.3 Å². The quantitative estimate of drug-likeness (QED) is 0.709. The summed E-state index contributed by atoms with van der Waals surface area (Å²) < 4.78 is 0.295. The van der Waals surface area contributed by atoms with E-state index in [0.717, 1.165) is 19.3 Å². The number of hydrogen-bond acceptors (Lipinski definition) is 3. The van der Waals surface area contributed by atoms with Gasteiger partial charge in [-0.3, -0.25) is 4.79 Å². The highest BCUT2D eigenvalue weighted by molar-refractivity contribution is 8.21. The van der Waals surface area contributed by atoms with Crippen molar-refractivity contribution in [3.8, 4) is 0 Å². The third-order valence-electron chi connectivity index (χ3n) is 2.59. The molecule has 1 aliphatic heterocycles. The van der Waals surface area contributed by atoms with Crippen LogP contribution in [0.5, 0.6) is 0 Å². The first-order valence-corrected chi connectivity index (χ1v) is 6.20. The van der Waals surface area contributed by atoms with E-state index in [2.05, 4.69) is 0 Å². The minimum absolute atomic E-state index is 0.0666. The lowest BCUT2D eigenvalue weighted by atomic mass is 10.1. The molecule has 12 heavy (non-hydrogen) atoms. The van der Waals surface area contributed by atoms with E-state index in [0.29, 0.717) is 4.08 Å². The van der Waals surface area contributed by atoms with Gasteiger partial charge in [0.15, 0.2) is 0 Å². The van der Waals surface area contributed by atoms with Gasteiger partial charge in [0, 0.05) is 11.5 Å². The average molecular weight is 204 g/mol. The van der Waals surface area contributed by atoms with Crippen molar-refractivity contribution in [3.63, 3.8) is 0 Å². The summed E-state index contributed by atoms with van der Waals surface area (Å²) in [7, 11) is 0. The van der Waals surface area contributed by atoms with Crippen LogP contribution in [-0.2, 0) is 4.79 Å². The van der Waals surface area contributed by atoms with E-state index in [9.17, 15) is 4.79 Å². The number of carboxylic acids is 1. The van der Waals surface area contributed by atoms with E-state index < -0.39 is 5.97 Å². The Hall–Kier alpha value is 0.170. The van der Waals surface area contributed by atoms with Crippen LogP contribution in [-0.4, -0.2) is 26.7 Å². The lowest BCUT2D eigenvalue weighted by Crippen LogP contribution is -2.15. The zero-order valence-corrected chi connectivity index (χ0v) is 8.42. The second kappa shape index (κ2) is 3.14. The Bertz CT molecular complexity index is 199. The molecule has 1 unspecified atom stereocenters. The molecule has 0 aromatic heterocycles. The average Bonchev–Trinajstić information content (AvgIpc) is 2.62. The number of rotatable bonds is 1. The van der Waals surface area contributed by atoms with Gasteiger partial charge in [-0.25, -0.2) is 0 Å². The standard InChI is InChI=1S/C8H12O2S2/c9-7(10)6-1-2-8(5-6)11-3-4-12-8/h6H,1-5H2,(H,9,10). The molecule has 0 radical (unpaired) electrons. The van der Waals surface area contributed by atoms with E-state index in [-0.39, 0.29) is 5.92 Å². The van der Waals surface area contributed by atoms with Crippen molar-refractivity contribution in [1.29, 1.82) is 0 Å². The van der Waals surface area contributed by atoms with Gasteiger partial charge in [0.1, 0.15) is 0 Å². The van der Waals surface area contributed by atoms with E-state index in [1.807, 2.05) is 23.5 Å². The molecule has 2 rings (SSSR count). The molecule has 1 spiro atoms. The summed E-state index contributed by atoms with van der Waals surface area (Å²) in [6.07, 6.45) is 2.87. The van der Waals surface area contributed by atoms with Crippen LogP contribution in [0.4, 0.5) is 0 Å². The van der Waals surface area contributed by atoms with Crippen molar-refractivity contribution in [1.82, 2.24) is 0 Å². The fourth-order valence-corrected chi connectivity index (χ4v) is 5.35. The van der Waals surface area contributed by atoms with Gasteiger partial charge in [0.2, 0.25) is 0 Å². The molecule has 0 amide bonds. The highest BCUT2D eigenvalue weighted by atomic mass is 32.2. The predicted octanol–water partition coefficient (Wildman–Crippen LogP) is 2.05. The lowest BCUT2D eigenvalue weighted by molar-refractivity contribution is -0.141. The highest BCUT2D eigenvalue weighted by Gasteiger charge is 2.44. The van der Waals surface area contributed by atoms with E-state index >= 15 is 0 Å². The molecule has 68 valence electrons. The molecule has 2 aliphatic rings. The van der Waals surface area contributed by atoms with E-state index in [4.69, 9.17) is 5.11 Å². The topological polar surface area (TPSA) is 37.3 Å². The molecule has 1 saturated heterocycles. The molecule has 0 aromatic rings. The van der Waals surface area contributed by atoms with Gasteiger partial charge in [-0.05, 0) is 19.3 Å². The molecule has 1 saturated carbocycles. The van der Waals surface area contributed by atoms with Crippen LogP contribution in [0.1, 0.15) is 19.3 Å². The van der Waals surface area contributed by atoms with Crippen LogP contribution in [0.3, 0.4) is 0 Å². The summed E-state index contributed by atoms with van der Waals surface area (Å²) in [4.78, 5) is 10.7. The third kappa shape index (κ3) is 1.46. The summed E-state index contributed by atoms with van der Waals surface area (Å²) in [6, 6.07) is 0. The molecule has 0 aromatic carbocycles. The summed E-state index contributed by atoms with van der Waals surface area (Å²) in [5, 5.41) is 8.84. The Morgan fingerprint density at radius 2 is 2.08 bits per heavy atom. The van der Waals surface area contributed by atoms with Crippen LogP contribution < -0.4 is 0 Å². The zero-order valence-electron chi connectivity index (χ0n) is 6.78. The second-order valence-corrected chi connectivity index (χ2v) is 6.60. The molecule has 2 fully saturated rings. The fraction of sp³-hybridized carbons (Fsp3) is 0.875. The van der Waals surface area contributed by atoms with Crippen LogP contribution in [0.25, 0.3) is 0 Å². The van der Waals surface area contributed by atoms with Crippen molar-refractivity contribution >= 4 is 29.5 Å². The first-order chi connectivity index (χ1) is 5.72. The Morgan fingerprint density at radius 3 is 2.58 bits per heavy atom. The van der Waals surface area contributed by atoms with Crippen LogP contribution >= 0.6 is 23.5 Å². The largest absolute Gasteiger partial charge is 0.481 e. The first kappa shape index (κ1) is 8.75. The van der Waals surface area contributed by atoms with Crippen LogP contribution in [0, 0.1) is 5.92 Å². The molecular formula is C8H12O2S2. The maximum atomic E-state index is 10.7. The predicted molar refractivity (Wildman–Crippen MR) is 52.6 cm³/mol. The van der Waals surface area contributed by atoms with Gasteiger partial charge in [-0.1, -0.05) is 0 Å².